The summed E-state index contributed by atoms with van der Waals surface area (Å²) in [7, 11) is 0. The van der Waals surface area contributed by atoms with Crippen LogP contribution < -0.4 is 11.1 Å². The van der Waals surface area contributed by atoms with Crippen LogP contribution in [0.1, 0.15) is 12.8 Å². The van der Waals surface area contributed by atoms with E-state index in [1.807, 2.05) is 0 Å². The van der Waals surface area contributed by atoms with Crippen LogP contribution in [-0.2, 0) is 9.59 Å². The Bertz CT molecular complexity index is 490. The fraction of sp³-hybridized carbons (Fsp3) is 0.333. The van der Waals surface area contributed by atoms with Crippen LogP contribution in [0.15, 0.2) is 18.2 Å². The zero-order valence-corrected chi connectivity index (χ0v) is 9.78. The summed E-state index contributed by atoms with van der Waals surface area (Å²) >= 11 is 0. The highest BCUT2D eigenvalue weighted by molar-refractivity contribution is 5.97. The van der Waals surface area contributed by atoms with Gasteiger partial charge in [-0.3, -0.25) is 9.59 Å². The minimum absolute atomic E-state index is 0.00957. The van der Waals surface area contributed by atoms with Crippen molar-refractivity contribution in [3.05, 3.63) is 24.0 Å². The topological polar surface area (TPSA) is 75.4 Å². The molecule has 0 saturated carbocycles. The minimum Gasteiger partial charge on any atom is -0.397 e. The summed E-state index contributed by atoms with van der Waals surface area (Å²) in [5, 5.41) is 2.56. The summed E-state index contributed by atoms with van der Waals surface area (Å²) < 4.78 is 12.8. The summed E-state index contributed by atoms with van der Waals surface area (Å²) in [4.78, 5) is 24.5. The number of amides is 2. The molecule has 0 aliphatic carbocycles. The maximum Gasteiger partial charge on any atom is 0.244 e. The standard InChI is InChI=1S/C12H14FN3O2/c13-8-3-4-10(9(14)6-8)15-11(17)7-16-5-1-2-12(16)18/h3-4,6H,1-2,5,7,14H2,(H,15,17). The second-order valence-corrected chi connectivity index (χ2v) is 4.20. The average Bonchev–Trinajstić information content (AvgIpc) is 2.69. The first-order valence-electron chi connectivity index (χ1n) is 5.69. The number of nitrogen functional groups attached to an aromatic ring is 1. The zero-order valence-electron chi connectivity index (χ0n) is 9.78. The number of anilines is 2. The highest BCUT2D eigenvalue weighted by Gasteiger charge is 2.22. The Kier molecular flexibility index (Phi) is 3.45. The van der Waals surface area contributed by atoms with E-state index in [0.29, 0.717) is 18.7 Å². The quantitative estimate of drug-likeness (QED) is 0.786. The predicted molar refractivity (Wildman–Crippen MR) is 65.3 cm³/mol. The van der Waals surface area contributed by atoms with Gasteiger partial charge < -0.3 is 16.0 Å². The molecule has 0 unspecified atom stereocenters. The van der Waals surface area contributed by atoms with Crippen molar-refractivity contribution in [2.24, 2.45) is 0 Å². The molecule has 3 N–H and O–H groups in total. The van der Waals surface area contributed by atoms with Gasteiger partial charge in [0.1, 0.15) is 5.82 Å². The molecule has 5 nitrogen and oxygen atoms in total. The van der Waals surface area contributed by atoms with Gasteiger partial charge in [0.25, 0.3) is 0 Å². The molecule has 1 aromatic rings. The van der Waals surface area contributed by atoms with E-state index in [2.05, 4.69) is 5.32 Å². The van der Waals surface area contributed by atoms with Crippen molar-refractivity contribution in [2.75, 3.05) is 24.1 Å². The fourth-order valence-electron chi connectivity index (χ4n) is 1.88. The third-order valence-electron chi connectivity index (χ3n) is 2.79. The van der Waals surface area contributed by atoms with Crippen LogP contribution >= 0.6 is 0 Å². The first kappa shape index (κ1) is 12.3. The van der Waals surface area contributed by atoms with Crippen molar-refractivity contribution >= 4 is 23.2 Å². The number of halogens is 1. The van der Waals surface area contributed by atoms with Crippen LogP contribution in [0.5, 0.6) is 0 Å². The maximum absolute atomic E-state index is 12.8. The molecule has 18 heavy (non-hydrogen) atoms. The molecule has 1 aromatic carbocycles. The number of carbonyl (C=O) groups excluding carboxylic acids is 2. The van der Waals surface area contributed by atoms with Gasteiger partial charge in [0.15, 0.2) is 0 Å². The smallest absolute Gasteiger partial charge is 0.244 e. The summed E-state index contributed by atoms with van der Waals surface area (Å²) in [5.74, 6) is -0.805. The number of hydrogen-bond donors (Lipinski definition) is 2. The molecule has 96 valence electrons. The monoisotopic (exact) mass is 251 g/mol. The lowest BCUT2D eigenvalue weighted by atomic mass is 10.2. The number of nitrogens with one attached hydrogen (secondary N) is 1. The highest BCUT2D eigenvalue weighted by Crippen LogP contribution is 2.19. The van der Waals surface area contributed by atoms with Crippen molar-refractivity contribution < 1.29 is 14.0 Å². The number of carbonyl (C=O) groups is 2. The Hall–Kier alpha value is -2.11. The molecule has 0 aromatic heterocycles. The first-order chi connectivity index (χ1) is 8.56. The molecule has 1 saturated heterocycles. The van der Waals surface area contributed by atoms with Gasteiger partial charge in [-0.2, -0.15) is 0 Å². The number of nitrogens with two attached hydrogens (primary N) is 1. The molecule has 0 spiro atoms. The lowest BCUT2D eigenvalue weighted by molar-refractivity contribution is -0.131. The predicted octanol–water partition coefficient (Wildman–Crippen LogP) is 0.969. The van der Waals surface area contributed by atoms with Gasteiger partial charge in [0, 0.05) is 13.0 Å². The van der Waals surface area contributed by atoms with E-state index in [9.17, 15) is 14.0 Å². The number of benzene rings is 1. The second-order valence-electron chi connectivity index (χ2n) is 4.20. The van der Waals surface area contributed by atoms with Gasteiger partial charge in [-0.25, -0.2) is 4.39 Å². The summed E-state index contributed by atoms with van der Waals surface area (Å²) in [6.07, 6.45) is 1.27. The summed E-state index contributed by atoms with van der Waals surface area (Å²) in [5.41, 5.74) is 6.09. The van der Waals surface area contributed by atoms with Crippen molar-refractivity contribution in [1.29, 1.82) is 0 Å². The van der Waals surface area contributed by atoms with E-state index in [-0.39, 0.29) is 24.0 Å². The Labute approximate surface area is 104 Å². The van der Waals surface area contributed by atoms with Gasteiger partial charge >= 0.3 is 0 Å². The van der Waals surface area contributed by atoms with Crippen LogP contribution in [0.25, 0.3) is 0 Å². The van der Waals surface area contributed by atoms with Crippen molar-refractivity contribution in [3.63, 3.8) is 0 Å². The van der Waals surface area contributed by atoms with E-state index < -0.39 is 5.82 Å². The average molecular weight is 251 g/mol. The molecule has 2 rings (SSSR count). The van der Waals surface area contributed by atoms with Gasteiger partial charge in [-0.15, -0.1) is 0 Å². The molecule has 1 aliphatic heterocycles. The van der Waals surface area contributed by atoms with Crippen LogP contribution in [0, 0.1) is 5.82 Å². The first-order valence-corrected chi connectivity index (χ1v) is 5.69. The molecule has 0 radical (unpaired) electrons. The number of likely N-dealkylation sites (tertiary alicyclic amines) is 1. The fourth-order valence-corrected chi connectivity index (χ4v) is 1.88. The molecular formula is C12H14FN3O2. The number of hydrogen-bond acceptors (Lipinski definition) is 3. The van der Waals surface area contributed by atoms with Gasteiger partial charge in [0.05, 0.1) is 17.9 Å². The van der Waals surface area contributed by atoms with Crippen LogP contribution in [0.4, 0.5) is 15.8 Å². The van der Waals surface area contributed by atoms with E-state index in [4.69, 9.17) is 5.73 Å². The summed E-state index contributed by atoms with van der Waals surface area (Å²) in [6, 6.07) is 3.75. The molecule has 2 amide bonds. The van der Waals surface area contributed by atoms with Gasteiger partial charge in [-0.1, -0.05) is 0 Å². The Balaban J connectivity index is 1.96. The Morgan fingerprint density at radius 3 is 2.89 bits per heavy atom. The molecule has 6 heteroatoms. The molecule has 1 heterocycles. The minimum atomic E-state index is -0.458. The van der Waals surface area contributed by atoms with E-state index >= 15 is 0 Å². The molecule has 1 aliphatic rings. The van der Waals surface area contributed by atoms with E-state index in [0.717, 1.165) is 12.5 Å². The van der Waals surface area contributed by atoms with Crippen LogP contribution in [-0.4, -0.2) is 29.8 Å². The Morgan fingerprint density at radius 2 is 2.28 bits per heavy atom. The lowest BCUT2D eigenvalue weighted by Gasteiger charge is -2.15. The van der Waals surface area contributed by atoms with E-state index in [1.165, 1.54) is 17.0 Å². The molecule has 0 atom stereocenters. The second kappa shape index (κ2) is 5.03. The van der Waals surface area contributed by atoms with E-state index in [1.54, 1.807) is 0 Å². The third kappa shape index (κ3) is 2.77. The third-order valence-corrected chi connectivity index (χ3v) is 2.79. The molecule has 0 bridgehead atoms. The van der Waals surface area contributed by atoms with Crippen molar-refractivity contribution in [3.8, 4) is 0 Å². The molecule has 1 fully saturated rings. The van der Waals surface area contributed by atoms with Crippen LogP contribution in [0.2, 0.25) is 0 Å². The summed E-state index contributed by atoms with van der Waals surface area (Å²) in [6.45, 7) is 0.612. The van der Waals surface area contributed by atoms with Crippen molar-refractivity contribution in [1.82, 2.24) is 4.90 Å². The SMILES string of the molecule is Nc1cc(F)ccc1NC(=O)CN1CCCC1=O. The molecular weight excluding hydrogens is 237 g/mol. The normalized spacial score (nSPS) is 14.9. The maximum atomic E-state index is 12.8. The van der Waals surface area contributed by atoms with Gasteiger partial charge in [-0.05, 0) is 24.6 Å². The Morgan fingerprint density at radius 1 is 1.50 bits per heavy atom. The number of rotatable bonds is 3. The number of nitrogens with zero attached hydrogens (tertiary/aromatic N) is 1. The zero-order chi connectivity index (χ0) is 13.1. The lowest BCUT2D eigenvalue weighted by Crippen LogP contribution is -2.34. The van der Waals surface area contributed by atoms with Crippen LogP contribution in [0.3, 0.4) is 0 Å². The van der Waals surface area contributed by atoms with Gasteiger partial charge in [0.2, 0.25) is 11.8 Å². The largest absolute Gasteiger partial charge is 0.397 e. The highest BCUT2D eigenvalue weighted by atomic mass is 19.1. The van der Waals surface area contributed by atoms with Crippen molar-refractivity contribution in [2.45, 2.75) is 12.8 Å².